The average molecular weight is 352 g/mol. The molecule has 1 heterocycles. The van der Waals surface area contributed by atoms with Gasteiger partial charge >= 0.3 is 0 Å². The molecule has 26 heavy (non-hydrogen) atoms. The van der Waals surface area contributed by atoms with Crippen LogP contribution in [0, 0.1) is 0 Å². The van der Waals surface area contributed by atoms with Crippen molar-refractivity contribution in [1.29, 1.82) is 0 Å². The molecule has 1 N–H and O–H groups in total. The first-order chi connectivity index (χ1) is 12.6. The number of nitrogens with zero attached hydrogens (tertiary/aromatic N) is 3. The van der Waals surface area contributed by atoms with E-state index in [0.717, 1.165) is 23.3 Å². The maximum Gasteiger partial charge on any atom is 0.162 e. The first kappa shape index (κ1) is 17.9. The highest BCUT2D eigenvalue weighted by atomic mass is 16.5. The van der Waals surface area contributed by atoms with Gasteiger partial charge in [0, 0.05) is 24.5 Å². The molecule has 3 aromatic rings. The van der Waals surface area contributed by atoms with E-state index in [4.69, 9.17) is 9.47 Å². The smallest absolute Gasteiger partial charge is 0.162 e. The van der Waals surface area contributed by atoms with E-state index in [-0.39, 0.29) is 0 Å². The molecule has 136 valence electrons. The molecule has 0 fully saturated rings. The molecule has 0 saturated carbocycles. The zero-order valence-electron chi connectivity index (χ0n) is 15.6. The minimum atomic E-state index is 0.654. The molecular weight excluding hydrogens is 328 g/mol. The van der Waals surface area contributed by atoms with E-state index in [2.05, 4.69) is 58.5 Å². The maximum absolute atomic E-state index is 5.41. The van der Waals surface area contributed by atoms with Gasteiger partial charge < -0.3 is 19.7 Å². The lowest BCUT2D eigenvalue weighted by Gasteiger charge is -2.16. The number of hydrogen-bond donors (Lipinski definition) is 1. The number of hydrogen-bond acceptors (Lipinski definition) is 6. The van der Waals surface area contributed by atoms with Gasteiger partial charge in [-0.2, -0.15) is 0 Å². The van der Waals surface area contributed by atoms with Crippen LogP contribution in [0.4, 0.5) is 5.82 Å². The Kier molecular flexibility index (Phi) is 5.53. The monoisotopic (exact) mass is 352 g/mol. The molecule has 2 aromatic carbocycles. The van der Waals surface area contributed by atoms with Crippen LogP contribution in [0.3, 0.4) is 0 Å². The predicted octanol–water partition coefficient (Wildman–Crippen LogP) is 3.32. The van der Waals surface area contributed by atoms with Crippen LogP contribution < -0.4 is 14.8 Å². The predicted molar refractivity (Wildman–Crippen MR) is 104 cm³/mol. The Morgan fingerprint density at radius 1 is 0.962 bits per heavy atom. The summed E-state index contributed by atoms with van der Waals surface area (Å²) in [5.41, 5.74) is 3.35. The number of ether oxygens (including phenoxy) is 2. The Morgan fingerprint density at radius 3 is 2.35 bits per heavy atom. The molecule has 6 heteroatoms. The SMILES string of the molecule is COc1cc2ncnc(NCc3ccccc3CN(C)C)c2cc1OC. The van der Waals surface area contributed by atoms with Gasteiger partial charge in [0.15, 0.2) is 11.5 Å². The van der Waals surface area contributed by atoms with Crippen LogP contribution in [0.15, 0.2) is 42.7 Å². The van der Waals surface area contributed by atoms with Crippen LogP contribution in [0.2, 0.25) is 0 Å². The van der Waals surface area contributed by atoms with Crippen LogP contribution >= 0.6 is 0 Å². The van der Waals surface area contributed by atoms with Gasteiger partial charge in [-0.05, 0) is 31.3 Å². The van der Waals surface area contributed by atoms with E-state index in [9.17, 15) is 0 Å². The van der Waals surface area contributed by atoms with Crippen LogP contribution in [0.1, 0.15) is 11.1 Å². The number of rotatable bonds is 7. The highest BCUT2D eigenvalue weighted by Gasteiger charge is 2.11. The lowest BCUT2D eigenvalue weighted by Crippen LogP contribution is -2.13. The van der Waals surface area contributed by atoms with Gasteiger partial charge in [-0.25, -0.2) is 9.97 Å². The molecule has 0 bridgehead atoms. The molecule has 0 amide bonds. The van der Waals surface area contributed by atoms with Gasteiger partial charge in [0.05, 0.1) is 19.7 Å². The van der Waals surface area contributed by atoms with Crippen molar-refractivity contribution in [3.8, 4) is 11.5 Å². The largest absolute Gasteiger partial charge is 0.493 e. The lowest BCUT2D eigenvalue weighted by atomic mass is 10.1. The molecule has 0 aliphatic carbocycles. The van der Waals surface area contributed by atoms with Gasteiger partial charge in [-0.1, -0.05) is 24.3 Å². The Morgan fingerprint density at radius 2 is 1.65 bits per heavy atom. The highest BCUT2D eigenvalue weighted by Crippen LogP contribution is 2.33. The zero-order chi connectivity index (χ0) is 18.5. The van der Waals surface area contributed by atoms with Gasteiger partial charge in [0.25, 0.3) is 0 Å². The normalized spacial score (nSPS) is 11.0. The van der Waals surface area contributed by atoms with Crippen molar-refractivity contribution < 1.29 is 9.47 Å². The third-order valence-corrected chi connectivity index (χ3v) is 4.19. The molecule has 0 unspecified atom stereocenters. The fourth-order valence-electron chi connectivity index (χ4n) is 2.93. The van der Waals surface area contributed by atoms with Crippen molar-refractivity contribution >= 4 is 16.7 Å². The second kappa shape index (κ2) is 8.01. The summed E-state index contributed by atoms with van der Waals surface area (Å²) in [4.78, 5) is 10.9. The van der Waals surface area contributed by atoms with Crippen molar-refractivity contribution in [3.05, 3.63) is 53.9 Å². The first-order valence-corrected chi connectivity index (χ1v) is 8.44. The number of nitrogens with one attached hydrogen (secondary N) is 1. The molecule has 0 aliphatic heterocycles. The summed E-state index contributed by atoms with van der Waals surface area (Å²) in [5.74, 6) is 2.09. The van der Waals surface area contributed by atoms with Crippen LogP contribution in [0.5, 0.6) is 11.5 Å². The van der Waals surface area contributed by atoms with E-state index >= 15 is 0 Å². The minimum absolute atomic E-state index is 0.654. The number of aromatic nitrogens is 2. The molecule has 3 rings (SSSR count). The van der Waals surface area contributed by atoms with E-state index in [0.29, 0.717) is 18.0 Å². The van der Waals surface area contributed by atoms with Gasteiger partial charge in [-0.3, -0.25) is 0 Å². The van der Waals surface area contributed by atoms with Gasteiger partial charge in [-0.15, -0.1) is 0 Å². The molecular formula is C20H24N4O2. The van der Waals surface area contributed by atoms with Gasteiger partial charge in [0.2, 0.25) is 0 Å². The van der Waals surface area contributed by atoms with Crippen molar-refractivity contribution in [2.75, 3.05) is 33.6 Å². The summed E-state index contributed by atoms with van der Waals surface area (Å²) in [6.07, 6.45) is 1.56. The fourth-order valence-corrected chi connectivity index (χ4v) is 2.93. The minimum Gasteiger partial charge on any atom is -0.493 e. The third-order valence-electron chi connectivity index (χ3n) is 4.19. The Bertz CT molecular complexity index is 896. The summed E-state index contributed by atoms with van der Waals surface area (Å²) < 4.78 is 10.8. The fraction of sp³-hybridized carbons (Fsp3) is 0.300. The Labute approximate surface area is 153 Å². The van der Waals surface area contributed by atoms with Crippen molar-refractivity contribution in [2.24, 2.45) is 0 Å². The maximum atomic E-state index is 5.41. The van der Waals surface area contributed by atoms with Crippen molar-refractivity contribution in [3.63, 3.8) is 0 Å². The molecule has 0 aliphatic rings. The summed E-state index contributed by atoms with van der Waals surface area (Å²) in [7, 11) is 7.38. The second-order valence-corrected chi connectivity index (χ2v) is 6.31. The molecule has 1 aromatic heterocycles. The van der Waals surface area contributed by atoms with E-state index in [1.165, 1.54) is 11.1 Å². The molecule has 0 spiro atoms. The quantitative estimate of drug-likeness (QED) is 0.704. The van der Waals surface area contributed by atoms with E-state index in [1.807, 2.05) is 12.1 Å². The number of fused-ring (bicyclic) bond motifs is 1. The summed E-state index contributed by atoms with van der Waals surface area (Å²) in [6, 6.07) is 12.2. The topological polar surface area (TPSA) is 59.5 Å². The number of methoxy groups -OCH3 is 2. The second-order valence-electron chi connectivity index (χ2n) is 6.31. The molecule has 6 nitrogen and oxygen atoms in total. The Balaban J connectivity index is 1.90. The highest BCUT2D eigenvalue weighted by molar-refractivity contribution is 5.91. The van der Waals surface area contributed by atoms with Crippen LogP contribution in [0.25, 0.3) is 10.9 Å². The van der Waals surface area contributed by atoms with Crippen LogP contribution in [-0.4, -0.2) is 43.2 Å². The average Bonchev–Trinajstić information content (AvgIpc) is 2.65. The van der Waals surface area contributed by atoms with Crippen molar-refractivity contribution in [2.45, 2.75) is 13.1 Å². The lowest BCUT2D eigenvalue weighted by molar-refractivity contribution is 0.356. The zero-order valence-corrected chi connectivity index (χ0v) is 15.6. The number of anilines is 1. The summed E-state index contributed by atoms with van der Waals surface area (Å²) >= 11 is 0. The Hall–Kier alpha value is -2.86. The third kappa shape index (κ3) is 3.86. The van der Waals surface area contributed by atoms with Crippen LogP contribution in [-0.2, 0) is 13.1 Å². The van der Waals surface area contributed by atoms with Gasteiger partial charge in [0.1, 0.15) is 12.1 Å². The molecule has 0 saturated heterocycles. The standard InChI is InChI=1S/C20H24N4O2/c1-24(2)12-15-8-6-5-7-14(15)11-21-20-16-9-18(25-3)19(26-4)10-17(16)22-13-23-20/h5-10,13H,11-12H2,1-4H3,(H,21,22,23). The van der Waals surface area contributed by atoms with E-state index < -0.39 is 0 Å². The molecule has 0 atom stereocenters. The summed E-state index contributed by atoms with van der Waals surface area (Å²) in [5, 5.41) is 4.34. The number of benzene rings is 2. The first-order valence-electron chi connectivity index (χ1n) is 8.44. The van der Waals surface area contributed by atoms with Crippen molar-refractivity contribution in [1.82, 2.24) is 14.9 Å². The molecule has 0 radical (unpaired) electrons. The summed E-state index contributed by atoms with van der Waals surface area (Å²) in [6.45, 7) is 1.58. The van der Waals surface area contributed by atoms with E-state index in [1.54, 1.807) is 20.5 Å².